The first-order valence-electron chi connectivity index (χ1n) is 7.20. The van der Waals surface area contributed by atoms with Crippen molar-refractivity contribution < 1.29 is 0 Å². The monoisotopic (exact) mass is 291 g/mol. The molecule has 0 amide bonds. The van der Waals surface area contributed by atoms with Crippen molar-refractivity contribution in [2.24, 2.45) is 0 Å². The summed E-state index contributed by atoms with van der Waals surface area (Å²) in [5, 5.41) is 3.38. The molecular weight excluding hydrogens is 262 g/mol. The fourth-order valence-corrected chi connectivity index (χ4v) is 2.29. The van der Waals surface area contributed by atoms with Gasteiger partial charge >= 0.3 is 0 Å². The van der Waals surface area contributed by atoms with E-state index in [-0.39, 0.29) is 0 Å². The summed E-state index contributed by atoms with van der Waals surface area (Å²) in [5.74, 6) is 0. The third kappa shape index (κ3) is 6.67. The largest absolute Gasteiger partial charge is 0.354 e. The van der Waals surface area contributed by atoms with E-state index in [1.807, 2.05) is 65.8 Å². The number of nitrogens with one attached hydrogen (secondary N) is 1. The predicted molar refractivity (Wildman–Crippen MR) is 97.5 cm³/mol. The Hall–Kier alpha value is -1.41. The highest BCUT2D eigenvalue weighted by molar-refractivity contribution is 8.07. The lowest BCUT2D eigenvalue weighted by Crippen LogP contribution is -2.17. The van der Waals surface area contributed by atoms with Crippen molar-refractivity contribution in [3.05, 3.63) is 70.8 Å². The van der Waals surface area contributed by atoms with Gasteiger partial charge in [-0.15, -0.1) is 0 Å². The average molecular weight is 292 g/mol. The van der Waals surface area contributed by atoms with Gasteiger partial charge < -0.3 is 5.32 Å². The van der Waals surface area contributed by atoms with Crippen molar-refractivity contribution in [1.29, 1.82) is 0 Å². The third-order valence-electron chi connectivity index (χ3n) is 2.09. The molecule has 1 aliphatic rings. The molecule has 0 radical (unpaired) electrons. The second-order valence-electron chi connectivity index (χ2n) is 3.18. The molecule has 0 spiro atoms. The van der Waals surface area contributed by atoms with Crippen LogP contribution in [-0.2, 0) is 0 Å². The summed E-state index contributed by atoms with van der Waals surface area (Å²) in [6.45, 7) is 19.6. The Balaban J connectivity index is 0. The Kier molecular flexibility index (Phi) is 14.6. The zero-order valence-corrected chi connectivity index (χ0v) is 14.6. The van der Waals surface area contributed by atoms with Gasteiger partial charge in [0.15, 0.2) is 0 Å². The first-order valence-corrected chi connectivity index (χ1v) is 8.02. The fourth-order valence-electron chi connectivity index (χ4n) is 1.39. The molecule has 0 bridgehead atoms. The highest BCUT2D eigenvalue weighted by atomic mass is 32.2. The maximum absolute atomic E-state index is 3.84. The molecule has 1 heterocycles. The minimum Gasteiger partial charge on any atom is -0.354 e. The molecule has 0 saturated heterocycles. The maximum atomic E-state index is 3.84. The average Bonchev–Trinajstić information content (AvgIpc) is 2.52. The standard InChI is InChI=1S/C14H17NS.2C2H6/c1-5-9-11-13(7-3)16-14(8-4)12(15-11)10-6-2;2*1-2/h5-10,15H,1,4H2,2-3H3;2*1-2H3/b10-6-,11-9+,13-7+;;. The van der Waals surface area contributed by atoms with Crippen LogP contribution in [0.4, 0.5) is 0 Å². The van der Waals surface area contributed by atoms with Crippen LogP contribution in [0.15, 0.2) is 70.8 Å². The van der Waals surface area contributed by atoms with Gasteiger partial charge in [-0.2, -0.15) is 0 Å². The van der Waals surface area contributed by atoms with Crippen LogP contribution in [-0.4, -0.2) is 0 Å². The van der Waals surface area contributed by atoms with E-state index in [1.165, 1.54) is 4.91 Å². The van der Waals surface area contributed by atoms with Crippen LogP contribution in [0.1, 0.15) is 41.5 Å². The highest BCUT2D eigenvalue weighted by Gasteiger charge is 2.16. The van der Waals surface area contributed by atoms with Crippen molar-refractivity contribution in [3.63, 3.8) is 0 Å². The second-order valence-corrected chi connectivity index (χ2v) is 4.26. The van der Waals surface area contributed by atoms with Gasteiger partial charge in [-0.05, 0) is 26.0 Å². The molecule has 0 unspecified atom stereocenters. The van der Waals surface area contributed by atoms with Gasteiger partial charge in [-0.3, -0.25) is 0 Å². The molecule has 0 aromatic rings. The molecule has 0 atom stereocenters. The van der Waals surface area contributed by atoms with Gasteiger partial charge in [-0.1, -0.05) is 76.9 Å². The second kappa shape index (κ2) is 14.0. The summed E-state index contributed by atoms with van der Waals surface area (Å²) >= 11 is 1.72. The third-order valence-corrected chi connectivity index (χ3v) is 3.37. The normalized spacial score (nSPS) is 17.9. The van der Waals surface area contributed by atoms with Gasteiger partial charge in [-0.25, -0.2) is 0 Å². The van der Waals surface area contributed by atoms with Crippen molar-refractivity contribution in [1.82, 2.24) is 5.32 Å². The van der Waals surface area contributed by atoms with E-state index in [2.05, 4.69) is 24.6 Å². The van der Waals surface area contributed by atoms with E-state index < -0.39 is 0 Å². The molecule has 0 aromatic carbocycles. The van der Waals surface area contributed by atoms with Gasteiger partial charge in [0.25, 0.3) is 0 Å². The topological polar surface area (TPSA) is 12.0 Å². The predicted octanol–water partition coefficient (Wildman–Crippen LogP) is 6.32. The number of allylic oxidation sites excluding steroid dienone is 6. The van der Waals surface area contributed by atoms with Crippen LogP contribution >= 0.6 is 11.8 Å². The van der Waals surface area contributed by atoms with Crippen LogP contribution in [0.3, 0.4) is 0 Å². The fraction of sp³-hybridized carbons (Fsp3) is 0.333. The Morgan fingerprint density at radius 2 is 1.65 bits per heavy atom. The van der Waals surface area contributed by atoms with Gasteiger partial charge in [0.1, 0.15) is 0 Å². The summed E-state index contributed by atoms with van der Waals surface area (Å²) in [4.78, 5) is 2.34. The van der Waals surface area contributed by atoms with Gasteiger partial charge in [0.2, 0.25) is 0 Å². The first kappa shape index (κ1) is 20.9. The Morgan fingerprint density at radius 3 is 2.05 bits per heavy atom. The summed E-state index contributed by atoms with van der Waals surface area (Å²) in [5.41, 5.74) is 2.17. The number of hydrogen-bond donors (Lipinski definition) is 1. The Labute approximate surface area is 129 Å². The van der Waals surface area contributed by atoms with E-state index in [0.717, 1.165) is 16.3 Å². The van der Waals surface area contributed by atoms with E-state index in [4.69, 9.17) is 0 Å². The number of rotatable bonds is 3. The number of hydrogen-bond acceptors (Lipinski definition) is 2. The maximum Gasteiger partial charge on any atom is 0.0522 e. The van der Waals surface area contributed by atoms with Gasteiger partial charge in [0.05, 0.1) is 11.4 Å². The van der Waals surface area contributed by atoms with E-state index in [1.54, 1.807) is 17.8 Å². The van der Waals surface area contributed by atoms with Crippen LogP contribution in [0.5, 0.6) is 0 Å². The van der Waals surface area contributed by atoms with Crippen molar-refractivity contribution in [3.8, 4) is 0 Å². The zero-order chi connectivity index (χ0) is 16.0. The highest BCUT2D eigenvalue weighted by Crippen LogP contribution is 2.37. The summed E-state index contributed by atoms with van der Waals surface area (Å²) in [7, 11) is 0. The van der Waals surface area contributed by atoms with E-state index in [0.29, 0.717) is 0 Å². The molecular formula is C18H29NS. The van der Waals surface area contributed by atoms with Crippen molar-refractivity contribution in [2.75, 3.05) is 0 Å². The number of thioether (sulfide) groups is 1. The molecule has 1 nitrogen and oxygen atoms in total. The molecule has 0 aromatic heterocycles. The molecule has 0 aliphatic carbocycles. The lowest BCUT2D eigenvalue weighted by molar-refractivity contribution is 1.02. The quantitative estimate of drug-likeness (QED) is 0.652. The minimum atomic E-state index is 1.08. The van der Waals surface area contributed by atoms with Crippen LogP contribution in [0.25, 0.3) is 0 Å². The van der Waals surface area contributed by atoms with Gasteiger partial charge in [0, 0.05) is 9.81 Å². The summed E-state index contributed by atoms with van der Waals surface area (Å²) < 4.78 is 0. The molecule has 20 heavy (non-hydrogen) atoms. The van der Waals surface area contributed by atoms with Crippen molar-refractivity contribution >= 4 is 11.8 Å². The van der Waals surface area contributed by atoms with Crippen LogP contribution in [0, 0.1) is 0 Å². The first-order chi connectivity index (χ1) is 9.76. The summed E-state index contributed by atoms with van der Waals surface area (Å²) in [6, 6.07) is 0. The molecule has 0 saturated carbocycles. The SMILES string of the molecule is C=C/C=C1/NC(/C=C\C)=C(C=C)S/C1=C/C.CC.CC. The smallest absolute Gasteiger partial charge is 0.0522 e. The molecule has 2 heteroatoms. The zero-order valence-electron chi connectivity index (χ0n) is 13.8. The molecule has 0 fully saturated rings. The molecule has 1 rings (SSSR count). The van der Waals surface area contributed by atoms with Crippen LogP contribution in [0.2, 0.25) is 0 Å². The lowest BCUT2D eigenvalue weighted by Gasteiger charge is -2.22. The van der Waals surface area contributed by atoms with Crippen LogP contribution < -0.4 is 5.32 Å². The van der Waals surface area contributed by atoms with E-state index >= 15 is 0 Å². The summed E-state index contributed by atoms with van der Waals surface area (Å²) in [6.07, 6.45) is 11.8. The lowest BCUT2D eigenvalue weighted by atomic mass is 10.2. The Bertz CT molecular complexity index is 409. The molecule has 1 aliphatic heterocycles. The molecule has 112 valence electrons. The minimum absolute atomic E-state index is 1.08. The molecule has 1 N–H and O–H groups in total. The van der Waals surface area contributed by atoms with E-state index in [9.17, 15) is 0 Å². The van der Waals surface area contributed by atoms with Crippen molar-refractivity contribution in [2.45, 2.75) is 41.5 Å². The Morgan fingerprint density at radius 1 is 1.05 bits per heavy atom.